The smallest absolute Gasteiger partial charge is 0.221 e. The topological polar surface area (TPSA) is 55.1 Å². The van der Waals surface area contributed by atoms with Crippen LogP contribution in [0.2, 0.25) is 4.34 Å². The van der Waals surface area contributed by atoms with Gasteiger partial charge in [-0.3, -0.25) is 4.79 Å². The van der Waals surface area contributed by atoms with Gasteiger partial charge in [0.15, 0.2) is 0 Å². The number of hydrogen-bond acceptors (Lipinski definition) is 3. The van der Waals surface area contributed by atoms with Crippen LogP contribution in [-0.2, 0) is 4.79 Å². The summed E-state index contributed by atoms with van der Waals surface area (Å²) in [5.74, 6) is -0.00567. The van der Waals surface area contributed by atoms with Crippen LogP contribution >= 0.6 is 22.9 Å². The fourth-order valence-electron chi connectivity index (χ4n) is 1.29. The van der Waals surface area contributed by atoms with Gasteiger partial charge in [0.2, 0.25) is 5.91 Å². The van der Waals surface area contributed by atoms with E-state index < -0.39 is 0 Å². The van der Waals surface area contributed by atoms with Gasteiger partial charge in [0, 0.05) is 17.8 Å². The molecule has 3 nitrogen and oxygen atoms in total. The summed E-state index contributed by atoms with van der Waals surface area (Å²) in [6.45, 7) is 2.41. The molecule has 0 aliphatic heterocycles. The Hall–Kier alpha value is -0.580. The van der Waals surface area contributed by atoms with Gasteiger partial charge < -0.3 is 11.1 Å². The predicted octanol–water partition coefficient (Wildman–Crippen LogP) is 2.32. The summed E-state index contributed by atoms with van der Waals surface area (Å²) in [5.41, 5.74) is 5.31. The average molecular weight is 247 g/mol. The number of carbonyl (C=O) groups excluding carboxylic acids is 1. The van der Waals surface area contributed by atoms with E-state index in [2.05, 4.69) is 5.32 Å². The molecule has 0 fully saturated rings. The Morgan fingerprint density at radius 2 is 2.40 bits per heavy atom. The van der Waals surface area contributed by atoms with Crippen molar-refractivity contribution in [3.05, 3.63) is 21.3 Å². The molecule has 1 heterocycles. The maximum absolute atomic E-state index is 11.4. The van der Waals surface area contributed by atoms with Crippen molar-refractivity contribution in [1.29, 1.82) is 0 Å². The number of thiophene rings is 1. The van der Waals surface area contributed by atoms with Gasteiger partial charge in [-0.1, -0.05) is 18.5 Å². The first-order chi connectivity index (χ1) is 7.17. The molecule has 0 saturated carbocycles. The number of hydrogen-bond donors (Lipinski definition) is 2. The molecular formula is C10H15ClN2OS. The van der Waals surface area contributed by atoms with E-state index in [0.717, 1.165) is 15.6 Å². The van der Waals surface area contributed by atoms with E-state index in [1.165, 1.54) is 11.3 Å². The molecule has 5 heteroatoms. The minimum absolute atomic E-state index is 0.00567. The fourth-order valence-corrected chi connectivity index (χ4v) is 2.48. The summed E-state index contributed by atoms with van der Waals surface area (Å²) in [4.78, 5) is 12.5. The van der Waals surface area contributed by atoms with Crippen LogP contribution in [0, 0.1) is 0 Å². The molecule has 0 bridgehead atoms. The number of nitrogens with two attached hydrogens (primary N) is 1. The van der Waals surface area contributed by atoms with Gasteiger partial charge >= 0.3 is 0 Å². The normalized spacial score (nSPS) is 12.5. The summed E-state index contributed by atoms with van der Waals surface area (Å²) in [7, 11) is 0. The Kier molecular flexibility index (Phi) is 5.08. The summed E-state index contributed by atoms with van der Waals surface area (Å²) in [6.07, 6.45) is 1.22. The van der Waals surface area contributed by atoms with Crippen molar-refractivity contribution >= 4 is 28.8 Å². The largest absolute Gasteiger partial charge is 0.348 e. The third-order valence-corrected chi connectivity index (χ3v) is 3.40. The SMILES string of the molecule is CCC(NC(=O)CCN)c1ccc(Cl)s1. The molecule has 15 heavy (non-hydrogen) atoms. The van der Waals surface area contributed by atoms with Crippen molar-refractivity contribution in [2.24, 2.45) is 5.73 Å². The molecule has 0 spiro atoms. The molecule has 1 aromatic rings. The molecule has 0 aromatic carbocycles. The third kappa shape index (κ3) is 3.81. The van der Waals surface area contributed by atoms with E-state index in [0.29, 0.717) is 13.0 Å². The van der Waals surface area contributed by atoms with Crippen molar-refractivity contribution in [3.8, 4) is 0 Å². The first-order valence-corrected chi connectivity index (χ1v) is 6.11. The van der Waals surface area contributed by atoms with Crippen LogP contribution < -0.4 is 11.1 Å². The maximum atomic E-state index is 11.4. The Bertz CT molecular complexity index is 327. The lowest BCUT2D eigenvalue weighted by Gasteiger charge is -2.14. The van der Waals surface area contributed by atoms with Gasteiger partial charge in [-0.2, -0.15) is 0 Å². The van der Waals surface area contributed by atoms with Gasteiger partial charge in [0.05, 0.1) is 10.4 Å². The molecule has 84 valence electrons. The molecule has 1 aromatic heterocycles. The van der Waals surface area contributed by atoms with E-state index in [9.17, 15) is 4.79 Å². The quantitative estimate of drug-likeness (QED) is 0.838. The highest BCUT2D eigenvalue weighted by Gasteiger charge is 2.13. The Labute approximate surface area is 98.6 Å². The van der Waals surface area contributed by atoms with Gasteiger partial charge in [0.1, 0.15) is 0 Å². The van der Waals surface area contributed by atoms with Crippen molar-refractivity contribution in [2.45, 2.75) is 25.8 Å². The van der Waals surface area contributed by atoms with Crippen LogP contribution in [0.4, 0.5) is 0 Å². The second-order valence-corrected chi connectivity index (χ2v) is 4.96. The molecule has 0 radical (unpaired) electrons. The minimum atomic E-state index is -0.00567. The van der Waals surface area contributed by atoms with Gasteiger partial charge in [-0.25, -0.2) is 0 Å². The molecule has 0 aliphatic rings. The van der Waals surface area contributed by atoms with Crippen LogP contribution in [0.15, 0.2) is 12.1 Å². The number of carbonyl (C=O) groups is 1. The Balaban J connectivity index is 2.60. The lowest BCUT2D eigenvalue weighted by atomic mass is 10.2. The molecule has 1 amide bonds. The molecule has 1 rings (SSSR count). The average Bonchev–Trinajstić information content (AvgIpc) is 2.61. The van der Waals surface area contributed by atoms with Crippen LogP contribution in [0.1, 0.15) is 30.7 Å². The number of nitrogens with one attached hydrogen (secondary N) is 1. The van der Waals surface area contributed by atoms with Crippen molar-refractivity contribution in [1.82, 2.24) is 5.32 Å². The molecule has 0 aliphatic carbocycles. The van der Waals surface area contributed by atoms with Crippen LogP contribution in [0.5, 0.6) is 0 Å². The molecule has 1 unspecified atom stereocenters. The number of rotatable bonds is 5. The van der Waals surface area contributed by atoms with Crippen LogP contribution in [0.25, 0.3) is 0 Å². The summed E-state index contributed by atoms with van der Waals surface area (Å²) in [6, 6.07) is 3.85. The Morgan fingerprint density at radius 3 is 2.87 bits per heavy atom. The first-order valence-electron chi connectivity index (χ1n) is 4.92. The lowest BCUT2D eigenvalue weighted by molar-refractivity contribution is -0.121. The molecular weight excluding hydrogens is 232 g/mol. The third-order valence-electron chi connectivity index (χ3n) is 2.05. The van der Waals surface area contributed by atoms with Crippen LogP contribution in [-0.4, -0.2) is 12.5 Å². The summed E-state index contributed by atoms with van der Waals surface area (Å²) >= 11 is 7.34. The standard InChI is InChI=1S/C10H15ClN2OS/c1-2-7(13-10(14)5-6-12)8-3-4-9(11)15-8/h3-4,7H,2,5-6,12H2,1H3,(H,13,14). The highest BCUT2D eigenvalue weighted by Crippen LogP contribution is 2.28. The molecule has 0 saturated heterocycles. The van der Waals surface area contributed by atoms with Gasteiger partial charge in [-0.05, 0) is 18.6 Å². The number of halogens is 1. The zero-order valence-corrected chi connectivity index (χ0v) is 10.2. The maximum Gasteiger partial charge on any atom is 0.221 e. The minimum Gasteiger partial charge on any atom is -0.348 e. The van der Waals surface area contributed by atoms with E-state index in [1.807, 2.05) is 19.1 Å². The summed E-state index contributed by atoms with van der Waals surface area (Å²) < 4.78 is 0.747. The van der Waals surface area contributed by atoms with E-state index in [4.69, 9.17) is 17.3 Å². The van der Waals surface area contributed by atoms with E-state index in [-0.39, 0.29) is 11.9 Å². The number of amides is 1. The summed E-state index contributed by atoms with van der Waals surface area (Å²) in [5, 5.41) is 2.93. The highest BCUT2D eigenvalue weighted by molar-refractivity contribution is 7.16. The zero-order valence-electron chi connectivity index (χ0n) is 8.63. The predicted molar refractivity (Wildman–Crippen MR) is 64.2 cm³/mol. The van der Waals surface area contributed by atoms with Crippen molar-refractivity contribution in [2.75, 3.05) is 6.54 Å². The van der Waals surface area contributed by atoms with E-state index in [1.54, 1.807) is 0 Å². The zero-order chi connectivity index (χ0) is 11.3. The molecule has 3 N–H and O–H groups in total. The second-order valence-electron chi connectivity index (χ2n) is 3.21. The first kappa shape index (κ1) is 12.5. The fraction of sp³-hybridized carbons (Fsp3) is 0.500. The van der Waals surface area contributed by atoms with Gasteiger partial charge in [-0.15, -0.1) is 11.3 Å². The highest BCUT2D eigenvalue weighted by atomic mass is 35.5. The second kappa shape index (κ2) is 6.10. The Morgan fingerprint density at radius 1 is 1.67 bits per heavy atom. The lowest BCUT2D eigenvalue weighted by Crippen LogP contribution is -2.29. The van der Waals surface area contributed by atoms with E-state index >= 15 is 0 Å². The monoisotopic (exact) mass is 246 g/mol. The molecule has 1 atom stereocenters. The van der Waals surface area contributed by atoms with Crippen LogP contribution in [0.3, 0.4) is 0 Å². The van der Waals surface area contributed by atoms with Crippen molar-refractivity contribution < 1.29 is 4.79 Å². The van der Waals surface area contributed by atoms with Gasteiger partial charge in [0.25, 0.3) is 0 Å². The van der Waals surface area contributed by atoms with Crippen molar-refractivity contribution in [3.63, 3.8) is 0 Å².